The Kier molecular flexibility index (Phi) is 3.39. The third kappa shape index (κ3) is 2.66. The van der Waals surface area contributed by atoms with Gasteiger partial charge < -0.3 is 19.3 Å². The topological polar surface area (TPSA) is 50.7 Å². The van der Waals surface area contributed by atoms with Gasteiger partial charge in [0.25, 0.3) is 0 Å². The monoisotopic (exact) mass is 336 g/mol. The zero-order chi connectivity index (χ0) is 15.4. The minimum absolute atomic E-state index is 0.329. The van der Waals surface area contributed by atoms with Gasteiger partial charge in [-0.2, -0.15) is 0 Å². The van der Waals surface area contributed by atoms with Crippen LogP contribution < -0.4 is 9.80 Å². The molecule has 0 aliphatic carbocycles. The lowest BCUT2D eigenvalue weighted by molar-refractivity contribution is 0.0299. The molecule has 4 saturated heterocycles. The van der Waals surface area contributed by atoms with Crippen molar-refractivity contribution in [2.75, 3.05) is 36.0 Å². The van der Waals surface area contributed by atoms with Crippen LogP contribution in [0, 0.1) is 0 Å². The summed E-state index contributed by atoms with van der Waals surface area (Å²) in [4.78, 5) is 13.5. The van der Waals surface area contributed by atoms with Crippen LogP contribution in [0.15, 0.2) is 6.07 Å². The first kappa shape index (κ1) is 14.3. The molecule has 0 saturated carbocycles. The number of aromatic nitrogens is 2. The molecule has 6 nitrogen and oxygen atoms in total. The van der Waals surface area contributed by atoms with Crippen LogP contribution in [0.25, 0.3) is 0 Å². The fraction of sp³-hybridized carbons (Fsp3) is 0.750. The maximum Gasteiger partial charge on any atom is 0.226 e. The van der Waals surface area contributed by atoms with Gasteiger partial charge in [0.1, 0.15) is 11.6 Å². The van der Waals surface area contributed by atoms with Gasteiger partial charge in [0.05, 0.1) is 24.4 Å². The summed E-state index contributed by atoms with van der Waals surface area (Å²) in [6.45, 7) is 3.60. The van der Waals surface area contributed by atoms with Crippen LogP contribution in [0.2, 0.25) is 5.28 Å². The highest BCUT2D eigenvalue weighted by atomic mass is 35.5. The average Bonchev–Trinajstić information content (AvgIpc) is 3.07. The van der Waals surface area contributed by atoms with Gasteiger partial charge in [-0.15, -0.1) is 0 Å². The average molecular weight is 337 g/mol. The van der Waals surface area contributed by atoms with Crippen molar-refractivity contribution < 1.29 is 9.47 Å². The highest BCUT2D eigenvalue weighted by molar-refractivity contribution is 6.28. The molecule has 7 heteroatoms. The van der Waals surface area contributed by atoms with E-state index < -0.39 is 0 Å². The van der Waals surface area contributed by atoms with Gasteiger partial charge in [-0.1, -0.05) is 0 Å². The Bertz CT molecular complexity index is 543. The summed E-state index contributed by atoms with van der Waals surface area (Å²) in [6.07, 6.45) is 5.96. The van der Waals surface area contributed by atoms with Crippen molar-refractivity contribution in [2.24, 2.45) is 0 Å². The number of morpholine rings is 2. The number of anilines is 2. The van der Waals surface area contributed by atoms with Gasteiger partial charge in [-0.3, -0.25) is 0 Å². The molecule has 5 rings (SSSR count). The van der Waals surface area contributed by atoms with E-state index in [0.717, 1.165) is 63.5 Å². The third-order valence-corrected chi connectivity index (χ3v) is 5.58. The predicted molar refractivity (Wildman–Crippen MR) is 87.3 cm³/mol. The van der Waals surface area contributed by atoms with E-state index in [1.807, 2.05) is 0 Å². The van der Waals surface area contributed by atoms with Crippen LogP contribution in [0.1, 0.15) is 25.7 Å². The van der Waals surface area contributed by atoms with E-state index in [0.29, 0.717) is 29.7 Å². The van der Waals surface area contributed by atoms with Crippen molar-refractivity contribution in [3.63, 3.8) is 0 Å². The molecule has 23 heavy (non-hydrogen) atoms. The molecule has 3 unspecified atom stereocenters. The van der Waals surface area contributed by atoms with Crippen molar-refractivity contribution in [1.82, 2.24) is 9.97 Å². The number of fused-ring (bicyclic) bond motifs is 4. The molecule has 0 radical (unpaired) electrons. The summed E-state index contributed by atoms with van der Waals surface area (Å²) >= 11 is 6.23. The van der Waals surface area contributed by atoms with Crippen LogP contribution >= 0.6 is 11.6 Å². The van der Waals surface area contributed by atoms with E-state index in [2.05, 4.69) is 25.8 Å². The summed E-state index contributed by atoms with van der Waals surface area (Å²) in [5.74, 6) is 1.86. The molecule has 4 bridgehead atoms. The number of hydrogen-bond acceptors (Lipinski definition) is 6. The summed E-state index contributed by atoms with van der Waals surface area (Å²) < 4.78 is 11.8. The first-order valence-corrected chi connectivity index (χ1v) is 8.96. The number of halogens is 1. The molecular weight excluding hydrogens is 316 g/mol. The third-order valence-electron chi connectivity index (χ3n) is 5.41. The second-order valence-electron chi connectivity index (χ2n) is 7.08. The maximum atomic E-state index is 6.23. The van der Waals surface area contributed by atoms with Crippen molar-refractivity contribution in [2.45, 2.75) is 50.1 Å². The molecule has 124 valence electrons. The lowest BCUT2D eigenvalue weighted by Crippen LogP contribution is -2.44. The van der Waals surface area contributed by atoms with E-state index in [-0.39, 0.29) is 0 Å². The summed E-state index contributed by atoms with van der Waals surface area (Å²) in [7, 11) is 0. The second-order valence-corrected chi connectivity index (χ2v) is 7.42. The van der Waals surface area contributed by atoms with E-state index >= 15 is 0 Å². The number of nitrogens with zero attached hydrogens (tertiary/aromatic N) is 4. The summed E-state index contributed by atoms with van der Waals surface area (Å²) in [5, 5.41) is 0.329. The lowest BCUT2D eigenvalue weighted by Gasteiger charge is -2.35. The minimum Gasteiger partial charge on any atom is -0.371 e. The van der Waals surface area contributed by atoms with Crippen LogP contribution in [0.3, 0.4) is 0 Å². The first-order valence-electron chi connectivity index (χ1n) is 8.58. The smallest absolute Gasteiger partial charge is 0.226 e. The van der Waals surface area contributed by atoms with Gasteiger partial charge in [-0.25, -0.2) is 9.97 Å². The Morgan fingerprint density at radius 2 is 1.17 bits per heavy atom. The van der Waals surface area contributed by atoms with Crippen molar-refractivity contribution in [1.29, 1.82) is 0 Å². The fourth-order valence-electron chi connectivity index (χ4n) is 4.32. The van der Waals surface area contributed by atoms with Gasteiger partial charge in [0.15, 0.2) is 0 Å². The first-order chi connectivity index (χ1) is 11.2. The molecule has 5 heterocycles. The molecule has 4 atom stereocenters. The zero-order valence-corrected chi connectivity index (χ0v) is 13.8. The molecule has 0 spiro atoms. The fourth-order valence-corrected chi connectivity index (χ4v) is 4.50. The maximum absolute atomic E-state index is 6.23. The Balaban J connectivity index is 1.41. The predicted octanol–water partition coefficient (Wildman–Crippen LogP) is 1.87. The van der Waals surface area contributed by atoms with Gasteiger partial charge in [0, 0.05) is 32.2 Å². The number of hydrogen-bond donors (Lipinski definition) is 0. The molecule has 0 amide bonds. The molecule has 4 aliphatic rings. The molecule has 1 aromatic rings. The van der Waals surface area contributed by atoms with Gasteiger partial charge in [-0.05, 0) is 37.3 Å². The van der Waals surface area contributed by atoms with Crippen LogP contribution in [0.5, 0.6) is 0 Å². The molecule has 4 fully saturated rings. The SMILES string of the molecule is Clc1nc(N2CC3CCC(C2)O3)cc(N2CC3CC[C@@H](C2)O3)n1. The zero-order valence-electron chi connectivity index (χ0n) is 13.0. The van der Waals surface area contributed by atoms with Gasteiger partial charge >= 0.3 is 0 Å². The molecular formula is C16H21ClN4O2. The Morgan fingerprint density at radius 3 is 1.57 bits per heavy atom. The van der Waals surface area contributed by atoms with Crippen molar-refractivity contribution in [3.05, 3.63) is 11.3 Å². The lowest BCUT2D eigenvalue weighted by atomic mass is 10.2. The number of rotatable bonds is 2. The van der Waals surface area contributed by atoms with E-state index in [1.165, 1.54) is 0 Å². The summed E-state index contributed by atoms with van der Waals surface area (Å²) in [6, 6.07) is 2.08. The molecule has 4 aliphatic heterocycles. The number of ether oxygens (including phenoxy) is 2. The van der Waals surface area contributed by atoms with Crippen LogP contribution in [-0.4, -0.2) is 60.6 Å². The van der Waals surface area contributed by atoms with E-state index in [4.69, 9.17) is 21.1 Å². The van der Waals surface area contributed by atoms with Crippen molar-refractivity contribution in [3.8, 4) is 0 Å². The Morgan fingerprint density at radius 1 is 0.783 bits per heavy atom. The molecule has 0 N–H and O–H groups in total. The van der Waals surface area contributed by atoms with Gasteiger partial charge in [0.2, 0.25) is 5.28 Å². The van der Waals surface area contributed by atoms with E-state index in [1.54, 1.807) is 0 Å². The summed E-state index contributed by atoms with van der Waals surface area (Å²) in [5.41, 5.74) is 0. The minimum atomic E-state index is 0.329. The molecule has 1 aromatic heterocycles. The largest absolute Gasteiger partial charge is 0.371 e. The second kappa shape index (κ2) is 5.46. The standard InChI is InChI=1S/C16H21ClN4O2/c17-16-18-14(20-6-10-1-2-11(7-20)22-10)5-15(19-16)21-8-12-3-4-13(9-21)23-12/h5,10-13H,1-4,6-9H2/t10-,11?,12?,13?/m0/s1. The highest BCUT2D eigenvalue weighted by Gasteiger charge is 2.36. The van der Waals surface area contributed by atoms with Crippen LogP contribution in [0.4, 0.5) is 11.6 Å². The van der Waals surface area contributed by atoms with Crippen LogP contribution in [-0.2, 0) is 9.47 Å². The highest BCUT2D eigenvalue weighted by Crippen LogP contribution is 2.33. The Labute approximate surface area is 140 Å². The van der Waals surface area contributed by atoms with E-state index in [9.17, 15) is 0 Å². The Hall–Kier alpha value is -1.11. The normalized spacial score (nSPS) is 35.9. The quantitative estimate of drug-likeness (QED) is 0.768. The van der Waals surface area contributed by atoms with Crippen molar-refractivity contribution >= 4 is 23.2 Å². The molecule has 0 aromatic carbocycles.